The highest BCUT2D eigenvalue weighted by atomic mass is 16.6. The molecule has 20 heavy (non-hydrogen) atoms. The zero-order valence-corrected chi connectivity index (χ0v) is 13.0. The molecule has 0 radical (unpaired) electrons. The van der Waals surface area contributed by atoms with E-state index in [0.29, 0.717) is 6.54 Å². The van der Waals surface area contributed by atoms with Gasteiger partial charge in [-0.3, -0.25) is 4.90 Å². The predicted molar refractivity (Wildman–Crippen MR) is 79.4 cm³/mol. The van der Waals surface area contributed by atoms with Crippen molar-refractivity contribution >= 4 is 6.09 Å². The molecule has 0 bridgehead atoms. The molecular weight excluding hydrogens is 254 g/mol. The number of rotatable bonds is 4. The summed E-state index contributed by atoms with van der Waals surface area (Å²) in [7, 11) is 0. The fourth-order valence-electron chi connectivity index (χ4n) is 1.69. The first-order chi connectivity index (χ1) is 9.15. The molecule has 1 aromatic carbocycles. The lowest BCUT2D eigenvalue weighted by molar-refractivity contribution is -0.0121. The third kappa shape index (κ3) is 4.85. The Kier molecular flexibility index (Phi) is 5.17. The van der Waals surface area contributed by atoms with Crippen LogP contribution in [-0.2, 0) is 11.3 Å². The third-order valence-corrected chi connectivity index (χ3v) is 2.92. The van der Waals surface area contributed by atoms with E-state index < -0.39 is 17.2 Å². The fourth-order valence-corrected chi connectivity index (χ4v) is 1.69. The van der Waals surface area contributed by atoms with Crippen LogP contribution in [0.4, 0.5) is 4.79 Å². The first-order valence-electron chi connectivity index (χ1n) is 6.81. The second-order valence-electron chi connectivity index (χ2n) is 6.52. The summed E-state index contributed by atoms with van der Waals surface area (Å²) in [4.78, 5) is 13.9. The highest BCUT2D eigenvalue weighted by molar-refractivity contribution is 5.69. The molecule has 1 amide bonds. The van der Waals surface area contributed by atoms with Gasteiger partial charge in [-0.25, -0.2) is 4.79 Å². The molecule has 0 aliphatic carbocycles. The minimum Gasteiger partial charge on any atom is -0.444 e. The van der Waals surface area contributed by atoms with E-state index in [2.05, 4.69) is 0 Å². The van der Waals surface area contributed by atoms with E-state index in [0.717, 1.165) is 5.56 Å². The Morgan fingerprint density at radius 2 is 1.70 bits per heavy atom. The van der Waals surface area contributed by atoms with Gasteiger partial charge in [0.15, 0.2) is 0 Å². The topological polar surface area (TPSA) is 49.8 Å². The fraction of sp³-hybridized carbons (Fsp3) is 0.562. The number of carbonyl (C=O) groups is 1. The van der Waals surface area contributed by atoms with Crippen molar-refractivity contribution < 1.29 is 14.6 Å². The van der Waals surface area contributed by atoms with Crippen LogP contribution in [0.5, 0.6) is 0 Å². The average molecular weight is 279 g/mol. The molecule has 1 aromatic rings. The lowest BCUT2D eigenvalue weighted by Gasteiger charge is -2.38. The van der Waals surface area contributed by atoms with Crippen molar-refractivity contribution in [1.29, 1.82) is 0 Å². The number of hydrogen-bond acceptors (Lipinski definition) is 3. The van der Waals surface area contributed by atoms with Crippen LogP contribution in [0.2, 0.25) is 0 Å². The summed E-state index contributed by atoms with van der Waals surface area (Å²) in [5.41, 5.74) is -0.240. The van der Waals surface area contributed by atoms with Gasteiger partial charge in [-0.2, -0.15) is 0 Å². The van der Waals surface area contributed by atoms with Crippen molar-refractivity contribution in [3.8, 4) is 0 Å². The van der Waals surface area contributed by atoms with Crippen LogP contribution in [0.25, 0.3) is 0 Å². The van der Waals surface area contributed by atoms with Gasteiger partial charge in [0.25, 0.3) is 0 Å². The minimum atomic E-state index is -0.682. The quantitative estimate of drug-likeness (QED) is 0.920. The number of aliphatic hydroxyl groups is 1. The Balaban J connectivity index is 2.95. The number of nitrogens with zero attached hydrogens (tertiary/aromatic N) is 1. The van der Waals surface area contributed by atoms with Gasteiger partial charge in [-0.05, 0) is 40.2 Å². The number of hydrogen-bond donors (Lipinski definition) is 1. The molecule has 1 N–H and O–H groups in total. The molecule has 112 valence electrons. The second kappa shape index (κ2) is 6.27. The summed E-state index contributed by atoms with van der Waals surface area (Å²) in [6, 6.07) is 9.68. The van der Waals surface area contributed by atoms with Gasteiger partial charge in [-0.1, -0.05) is 30.3 Å². The molecule has 0 aromatic heterocycles. The van der Waals surface area contributed by atoms with Gasteiger partial charge >= 0.3 is 6.09 Å². The summed E-state index contributed by atoms with van der Waals surface area (Å²) in [5.74, 6) is 0. The summed E-state index contributed by atoms with van der Waals surface area (Å²) in [5, 5.41) is 9.54. The molecule has 0 saturated heterocycles. The van der Waals surface area contributed by atoms with Crippen molar-refractivity contribution in [1.82, 2.24) is 4.90 Å². The highest BCUT2D eigenvalue weighted by Crippen LogP contribution is 2.21. The molecule has 4 nitrogen and oxygen atoms in total. The maximum Gasteiger partial charge on any atom is 0.411 e. The summed E-state index contributed by atoms with van der Waals surface area (Å²) < 4.78 is 5.44. The van der Waals surface area contributed by atoms with Crippen LogP contribution in [0.1, 0.15) is 40.2 Å². The molecular formula is C16H25NO3. The molecule has 0 aliphatic heterocycles. The van der Waals surface area contributed by atoms with Crippen molar-refractivity contribution in [3.63, 3.8) is 0 Å². The van der Waals surface area contributed by atoms with Gasteiger partial charge in [0, 0.05) is 6.54 Å². The minimum absolute atomic E-state index is 0.126. The maximum atomic E-state index is 12.4. The summed E-state index contributed by atoms with van der Waals surface area (Å²) in [6.07, 6.45) is -0.416. The first-order valence-corrected chi connectivity index (χ1v) is 6.81. The molecule has 0 fully saturated rings. The Bertz CT molecular complexity index is 435. The first kappa shape index (κ1) is 16.5. The lowest BCUT2D eigenvalue weighted by Crippen LogP contribution is -2.51. The van der Waals surface area contributed by atoms with E-state index >= 15 is 0 Å². The van der Waals surface area contributed by atoms with Crippen LogP contribution in [0.3, 0.4) is 0 Å². The van der Waals surface area contributed by atoms with E-state index in [1.165, 1.54) is 0 Å². The van der Waals surface area contributed by atoms with E-state index in [9.17, 15) is 9.90 Å². The summed E-state index contributed by atoms with van der Waals surface area (Å²) >= 11 is 0. The number of amides is 1. The highest BCUT2D eigenvalue weighted by Gasteiger charge is 2.33. The Hall–Kier alpha value is -1.55. The van der Waals surface area contributed by atoms with Gasteiger partial charge < -0.3 is 9.84 Å². The normalized spacial score (nSPS) is 12.1. The Morgan fingerprint density at radius 3 is 2.15 bits per heavy atom. The largest absolute Gasteiger partial charge is 0.444 e. The van der Waals surface area contributed by atoms with Crippen LogP contribution in [-0.4, -0.2) is 33.8 Å². The predicted octanol–water partition coefficient (Wildman–Crippen LogP) is 3.19. The van der Waals surface area contributed by atoms with E-state index in [-0.39, 0.29) is 6.61 Å². The van der Waals surface area contributed by atoms with Crippen LogP contribution in [0.15, 0.2) is 30.3 Å². The monoisotopic (exact) mass is 279 g/mol. The van der Waals surface area contributed by atoms with Gasteiger partial charge in [-0.15, -0.1) is 0 Å². The number of benzene rings is 1. The van der Waals surface area contributed by atoms with Crippen LogP contribution < -0.4 is 0 Å². The van der Waals surface area contributed by atoms with E-state index in [4.69, 9.17) is 4.74 Å². The SMILES string of the molecule is CC(C)(C)OC(=O)N(Cc1ccccc1)C(C)(C)CO. The Labute approximate surface area is 121 Å². The van der Waals surface area contributed by atoms with Crippen molar-refractivity contribution in [2.75, 3.05) is 6.61 Å². The maximum absolute atomic E-state index is 12.4. The number of aliphatic hydroxyl groups excluding tert-OH is 1. The van der Waals surface area contributed by atoms with Crippen LogP contribution in [0, 0.1) is 0 Å². The molecule has 0 atom stereocenters. The smallest absolute Gasteiger partial charge is 0.411 e. The second-order valence-corrected chi connectivity index (χ2v) is 6.52. The van der Waals surface area contributed by atoms with Crippen molar-refractivity contribution in [3.05, 3.63) is 35.9 Å². The molecule has 0 spiro atoms. The molecule has 0 unspecified atom stereocenters. The summed E-state index contributed by atoms with van der Waals surface area (Å²) in [6.45, 7) is 9.41. The van der Waals surface area contributed by atoms with Gasteiger partial charge in [0.05, 0.1) is 12.1 Å². The molecule has 0 aliphatic rings. The number of carbonyl (C=O) groups excluding carboxylic acids is 1. The van der Waals surface area contributed by atoms with Gasteiger partial charge in [0.2, 0.25) is 0 Å². The van der Waals surface area contributed by atoms with Gasteiger partial charge in [0.1, 0.15) is 5.60 Å². The van der Waals surface area contributed by atoms with Crippen molar-refractivity contribution in [2.24, 2.45) is 0 Å². The zero-order chi connectivity index (χ0) is 15.4. The zero-order valence-electron chi connectivity index (χ0n) is 13.0. The van der Waals surface area contributed by atoms with E-state index in [1.807, 2.05) is 65.0 Å². The van der Waals surface area contributed by atoms with E-state index in [1.54, 1.807) is 4.90 Å². The average Bonchev–Trinajstić information content (AvgIpc) is 2.35. The standard InChI is InChI=1S/C16H25NO3/c1-15(2,3)20-14(19)17(16(4,5)12-18)11-13-9-7-6-8-10-13/h6-10,18H,11-12H2,1-5H3. The molecule has 0 heterocycles. The van der Waals surface area contributed by atoms with Crippen molar-refractivity contribution in [2.45, 2.75) is 52.3 Å². The third-order valence-electron chi connectivity index (χ3n) is 2.92. The lowest BCUT2D eigenvalue weighted by atomic mass is 10.0. The molecule has 0 saturated carbocycles. The number of ether oxygens (including phenoxy) is 1. The molecule has 4 heteroatoms. The Morgan fingerprint density at radius 1 is 1.15 bits per heavy atom. The molecule has 1 rings (SSSR count). The van der Waals surface area contributed by atoms with Crippen LogP contribution >= 0.6 is 0 Å².